The van der Waals surface area contributed by atoms with Crippen molar-refractivity contribution < 1.29 is 4.74 Å². The molecule has 0 saturated heterocycles. The molecule has 1 atom stereocenters. The molecule has 2 aromatic carbocycles. The third kappa shape index (κ3) is 3.32. The van der Waals surface area contributed by atoms with E-state index in [4.69, 9.17) is 10.5 Å². The van der Waals surface area contributed by atoms with Crippen LogP contribution in [-0.2, 0) is 0 Å². The van der Waals surface area contributed by atoms with Crippen LogP contribution in [0, 0.1) is 6.92 Å². The van der Waals surface area contributed by atoms with Crippen LogP contribution in [0.1, 0.15) is 17.2 Å². The number of anilines is 1. The molecule has 0 aromatic heterocycles. The molecule has 2 rings (SSSR count). The summed E-state index contributed by atoms with van der Waals surface area (Å²) in [5.74, 6) is 0.847. The van der Waals surface area contributed by atoms with Crippen LogP contribution in [0.25, 0.3) is 0 Å². The quantitative estimate of drug-likeness (QED) is 0.872. The highest BCUT2D eigenvalue weighted by atomic mass is 79.9. The molecule has 0 fully saturated rings. The van der Waals surface area contributed by atoms with E-state index >= 15 is 0 Å². The van der Waals surface area contributed by atoms with Gasteiger partial charge in [0, 0.05) is 22.3 Å². The minimum atomic E-state index is 0.00394. The molecular weight excluding hydrogens is 316 g/mol. The Morgan fingerprint density at radius 1 is 1.25 bits per heavy atom. The van der Waals surface area contributed by atoms with Crippen molar-refractivity contribution in [3.8, 4) is 5.75 Å². The van der Waals surface area contributed by atoms with Gasteiger partial charge in [-0.15, -0.1) is 0 Å². The van der Waals surface area contributed by atoms with Crippen molar-refractivity contribution in [3.05, 3.63) is 58.1 Å². The molecule has 0 radical (unpaired) electrons. The molecule has 0 aliphatic carbocycles. The van der Waals surface area contributed by atoms with Crippen LogP contribution >= 0.6 is 15.9 Å². The Morgan fingerprint density at radius 2 is 2.00 bits per heavy atom. The Hall–Kier alpha value is -1.52. The second-order valence-electron chi connectivity index (χ2n) is 4.66. The predicted molar refractivity (Wildman–Crippen MR) is 87.3 cm³/mol. The fourth-order valence-corrected chi connectivity index (χ4v) is 2.52. The van der Waals surface area contributed by atoms with Crippen molar-refractivity contribution in [2.75, 3.05) is 19.0 Å². The van der Waals surface area contributed by atoms with E-state index in [-0.39, 0.29) is 6.04 Å². The normalized spacial score (nSPS) is 12.0. The highest BCUT2D eigenvalue weighted by Gasteiger charge is 2.15. The Labute approximate surface area is 128 Å². The highest BCUT2D eigenvalue weighted by molar-refractivity contribution is 9.10. The lowest BCUT2D eigenvalue weighted by Crippen LogP contribution is -2.21. The van der Waals surface area contributed by atoms with Crippen molar-refractivity contribution in [2.45, 2.75) is 13.0 Å². The molecule has 4 heteroatoms. The first-order valence-electron chi connectivity index (χ1n) is 6.51. The van der Waals surface area contributed by atoms with Gasteiger partial charge in [-0.2, -0.15) is 0 Å². The average Bonchev–Trinajstić information content (AvgIpc) is 2.48. The first-order chi connectivity index (χ1) is 9.65. The molecular formula is C16H19BrN2O. The van der Waals surface area contributed by atoms with Crippen molar-refractivity contribution in [1.82, 2.24) is 0 Å². The van der Waals surface area contributed by atoms with Crippen molar-refractivity contribution in [1.29, 1.82) is 0 Å². The standard InChI is InChI=1S/C16H19BrN2O/c1-11-7-8-13(17)14(9-11)19-15(10-18)12-5-3-4-6-16(12)20-2/h3-9,15,19H,10,18H2,1-2H3. The number of rotatable bonds is 5. The van der Waals surface area contributed by atoms with Crippen LogP contribution in [-0.4, -0.2) is 13.7 Å². The Bertz CT molecular complexity index is 586. The maximum Gasteiger partial charge on any atom is 0.124 e. The van der Waals surface area contributed by atoms with E-state index < -0.39 is 0 Å². The first kappa shape index (κ1) is 14.9. The molecule has 0 bridgehead atoms. The van der Waals surface area contributed by atoms with Gasteiger partial charge < -0.3 is 15.8 Å². The zero-order valence-corrected chi connectivity index (χ0v) is 13.3. The number of methoxy groups -OCH3 is 1. The summed E-state index contributed by atoms with van der Waals surface area (Å²) in [6, 6.07) is 14.1. The molecule has 1 unspecified atom stereocenters. The lowest BCUT2D eigenvalue weighted by Gasteiger charge is -2.22. The summed E-state index contributed by atoms with van der Waals surface area (Å²) in [5, 5.41) is 3.48. The lowest BCUT2D eigenvalue weighted by molar-refractivity contribution is 0.407. The van der Waals surface area contributed by atoms with Crippen LogP contribution in [0.15, 0.2) is 46.9 Å². The number of nitrogens with one attached hydrogen (secondary N) is 1. The van der Waals surface area contributed by atoms with Crippen molar-refractivity contribution in [2.24, 2.45) is 5.73 Å². The Balaban J connectivity index is 2.31. The molecule has 0 aliphatic heterocycles. The molecule has 3 nitrogen and oxygen atoms in total. The summed E-state index contributed by atoms with van der Waals surface area (Å²) in [7, 11) is 1.68. The molecule has 106 valence electrons. The maximum atomic E-state index is 5.93. The second-order valence-corrected chi connectivity index (χ2v) is 5.51. The van der Waals surface area contributed by atoms with E-state index in [1.807, 2.05) is 30.3 Å². The van der Waals surface area contributed by atoms with Gasteiger partial charge in [0.1, 0.15) is 5.75 Å². The minimum absolute atomic E-state index is 0.00394. The van der Waals surface area contributed by atoms with Gasteiger partial charge in [0.25, 0.3) is 0 Å². The summed E-state index contributed by atoms with van der Waals surface area (Å²) in [4.78, 5) is 0. The largest absolute Gasteiger partial charge is 0.496 e. The van der Waals surface area contributed by atoms with Crippen LogP contribution < -0.4 is 15.8 Å². The number of hydrogen-bond acceptors (Lipinski definition) is 3. The molecule has 0 spiro atoms. The smallest absolute Gasteiger partial charge is 0.124 e. The second kappa shape index (κ2) is 6.77. The summed E-state index contributed by atoms with van der Waals surface area (Å²) in [6.07, 6.45) is 0. The third-order valence-corrected chi connectivity index (χ3v) is 3.89. The molecule has 0 saturated carbocycles. The summed E-state index contributed by atoms with van der Waals surface area (Å²) in [5.41, 5.74) is 9.23. The number of nitrogens with two attached hydrogens (primary N) is 1. The van der Waals surface area contributed by atoms with Gasteiger partial charge in [0.2, 0.25) is 0 Å². The van der Waals surface area contributed by atoms with Crippen molar-refractivity contribution >= 4 is 21.6 Å². The fourth-order valence-electron chi connectivity index (χ4n) is 2.16. The zero-order valence-electron chi connectivity index (χ0n) is 11.7. The molecule has 20 heavy (non-hydrogen) atoms. The SMILES string of the molecule is COc1ccccc1C(CN)Nc1cc(C)ccc1Br. The Morgan fingerprint density at radius 3 is 2.70 bits per heavy atom. The number of aryl methyl sites for hydroxylation is 1. The number of para-hydroxylation sites is 1. The minimum Gasteiger partial charge on any atom is -0.496 e. The van der Waals surface area contributed by atoms with Gasteiger partial charge in [-0.25, -0.2) is 0 Å². The number of hydrogen-bond donors (Lipinski definition) is 2. The van der Waals surface area contributed by atoms with E-state index in [2.05, 4.69) is 40.3 Å². The predicted octanol–water partition coefficient (Wildman–Crippen LogP) is 3.88. The first-order valence-corrected chi connectivity index (χ1v) is 7.30. The van der Waals surface area contributed by atoms with E-state index in [1.165, 1.54) is 5.56 Å². The number of halogens is 1. The number of benzene rings is 2. The Kier molecular flexibility index (Phi) is 5.04. The summed E-state index contributed by atoms with van der Waals surface area (Å²) < 4.78 is 6.44. The summed E-state index contributed by atoms with van der Waals surface area (Å²) >= 11 is 3.56. The van der Waals surface area contributed by atoms with Gasteiger partial charge in [0.05, 0.1) is 13.2 Å². The van der Waals surface area contributed by atoms with E-state index in [0.717, 1.165) is 21.5 Å². The molecule has 2 aromatic rings. The molecule has 0 amide bonds. The van der Waals surface area contributed by atoms with Gasteiger partial charge >= 0.3 is 0 Å². The van der Waals surface area contributed by atoms with Crippen molar-refractivity contribution in [3.63, 3.8) is 0 Å². The van der Waals surface area contributed by atoms with Crippen LogP contribution in [0.3, 0.4) is 0 Å². The molecule has 0 aliphatic rings. The van der Waals surface area contributed by atoms with E-state index in [9.17, 15) is 0 Å². The topological polar surface area (TPSA) is 47.3 Å². The molecule has 3 N–H and O–H groups in total. The van der Waals surface area contributed by atoms with Crippen LogP contribution in [0.4, 0.5) is 5.69 Å². The monoisotopic (exact) mass is 334 g/mol. The van der Waals surface area contributed by atoms with Gasteiger partial charge in [0.15, 0.2) is 0 Å². The van der Waals surface area contributed by atoms with Gasteiger partial charge in [-0.05, 0) is 46.6 Å². The van der Waals surface area contributed by atoms with Gasteiger partial charge in [-0.3, -0.25) is 0 Å². The van der Waals surface area contributed by atoms with E-state index in [1.54, 1.807) is 7.11 Å². The summed E-state index contributed by atoms with van der Waals surface area (Å²) in [6.45, 7) is 2.55. The van der Waals surface area contributed by atoms with E-state index in [0.29, 0.717) is 6.54 Å². The third-order valence-electron chi connectivity index (χ3n) is 3.20. The highest BCUT2D eigenvalue weighted by Crippen LogP contribution is 2.30. The lowest BCUT2D eigenvalue weighted by atomic mass is 10.0. The van der Waals surface area contributed by atoms with Gasteiger partial charge in [-0.1, -0.05) is 24.3 Å². The maximum absolute atomic E-state index is 5.93. The van der Waals surface area contributed by atoms with Crippen LogP contribution in [0.5, 0.6) is 5.75 Å². The van der Waals surface area contributed by atoms with Crippen LogP contribution in [0.2, 0.25) is 0 Å². The zero-order chi connectivity index (χ0) is 14.5. The number of ether oxygens (including phenoxy) is 1. The molecule has 0 heterocycles. The average molecular weight is 335 g/mol. The fraction of sp³-hybridized carbons (Fsp3) is 0.250.